The number of amides is 1. The van der Waals surface area contributed by atoms with Gasteiger partial charge < -0.3 is 10.4 Å². The third-order valence-electron chi connectivity index (χ3n) is 4.04. The minimum atomic E-state index is -0.826. The quantitative estimate of drug-likeness (QED) is 0.754. The van der Waals surface area contributed by atoms with Crippen LogP contribution >= 0.6 is 11.8 Å². The molecule has 2 unspecified atom stereocenters. The Hall–Kier alpha value is -0.710. The highest BCUT2D eigenvalue weighted by Gasteiger charge is 2.42. The molecule has 1 aliphatic rings. The maximum atomic E-state index is 12.2. The third kappa shape index (κ3) is 4.71. The van der Waals surface area contributed by atoms with Gasteiger partial charge in [-0.15, -0.1) is 0 Å². The van der Waals surface area contributed by atoms with Crippen LogP contribution < -0.4 is 5.32 Å². The SMILES string of the molecule is CCC1C[C@H](C(=O)NC(C)CCSC)[C@H](C(=O)O)C1. The molecule has 5 heteroatoms. The second-order valence-electron chi connectivity index (χ2n) is 5.49. The minimum absolute atomic E-state index is 0.0723. The molecule has 110 valence electrons. The molecule has 0 radical (unpaired) electrons. The number of carboxylic acids is 1. The van der Waals surface area contributed by atoms with Crippen molar-refractivity contribution in [3.05, 3.63) is 0 Å². The number of nitrogens with one attached hydrogen (secondary N) is 1. The Morgan fingerprint density at radius 2 is 2.00 bits per heavy atom. The molecule has 19 heavy (non-hydrogen) atoms. The Morgan fingerprint density at radius 1 is 1.37 bits per heavy atom. The van der Waals surface area contributed by atoms with Gasteiger partial charge in [-0.3, -0.25) is 9.59 Å². The molecule has 2 N–H and O–H groups in total. The van der Waals surface area contributed by atoms with Crippen LogP contribution in [-0.2, 0) is 9.59 Å². The van der Waals surface area contributed by atoms with Gasteiger partial charge in [-0.2, -0.15) is 11.8 Å². The van der Waals surface area contributed by atoms with Crippen LogP contribution in [0.3, 0.4) is 0 Å². The topological polar surface area (TPSA) is 66.4 Å². The fraction of sp³-hybridized carbons (Fsp3) is 0.857. The molecule has 0 spiro atoms. The first-order valence-electron chi connectivity index (χ1n) is 7.01. The molecule has 0 aromatic heterocycles. The maximum absolute atomic E-state index is 12.2. The number of hydrogen-bond donors (Lipinski definition) is 2. The van der Waals surface area contributed by atoms with Gasteiger partial charge in [0.25, 0.3) is 0 Å². The lowest BCUT2D eigenvalue weighted by Gasteiger charge is -2.19. The molecule has 0 aromatic carbocycles. The average molecular weight is 287 g/mol. The largest absolute Gasteiger partial charge is 0.481 e. The summed E-state index contributed by atoms with van der Waals surface area (Å²) in [5.41, 5.74) is 0. The number of hydrogen-bond acceptors (Lipinski definition) is 3. The van der Waals surface area contributed by atoms with Gasteiger partial charge in [-0.25, -0.2) is 0 Å². The third-order valence-corrected chi connectivity index (χ3v) is 4.68. The highest BCUT2D eigenvalue weighted by atomic mass is 32.2. The van der Waals surface area contributed by atoms with Crippen molar-refractivity contribution in [3.63, 3.8) is 0 Å². The van der Waals surface area contributed by atoms with E-state index in [4.69, 9.17) is 0 Å². The van der Waals surface area contributed by atoms with E-state index in [0.29, 0.717) is 18.8 Å². The van der Waals surface area contributed by atoms with E-state index in [1.54, 1.807) is 11.8 Å². The summed E-state index contributed by atoms with van der Waals surface area (Å²) >= 11 is 1.75. The Bertz CT molecular complexity index is 322. The van der Waals surface area contributed by atoms with E-state index in [2.05, 4.69) is 12.2 Å². The number of carboxylic acid groups (broad SMARTS) is 1. The zero-order chi connectivity index (χ0) is 14.4. The van der Waals surface area contributed by atoms with Gasteiger partial charge >= 0.3 is 5.97 Å². The zero-order valence-electron chi connectivity index (χ0n) is 12.0. The molecule has 1 amide bonds. The summed E-state index contributed by atoms with van der Waals surface area (Å²) in [6.07, 6.45) is 5.28. The summed E-state index contributed by atoms with van der Waals surface area (Å²) in [4.78, 5) is 23.5. The second kappa shape index (κ2) is 7.78. The summed E-state index contributed by atoms with van der Waals surface area (Å²) in [6, 6.07) is 0.120. The van der Waals surface area contributed by atoms with Crippen LogP contribution in [0.1, 0.15) is 39.5 Å². The lowest BCUT2D eigenvalue weighted by atomic mass is 9.95. The van der Waals surface area contributed by atoms with E-state index in [9.17, 15) is 14.7 Å². The summed E-state index contributed by atoms with van der Waals surface area (Å²) in [6.45, 7) is 4.04. The fourth-order valence-electron chi connectivity index (χ4n) is 2.76. The van der Waals surface area contributed by atoms with Gasteiger partial charge in [0, 0.05) is 6.04 Å². The van der Waals surface area contributed by atoms with Crippen molar-refractivity contribution in [2.45, 2.75) is 45.6 Å². The molecule has 4 nitrogen and oxygen atoms in total. The van der Waals surface area contributed by atoms with Crippen LogP contribution in [0.2, 0.25) is 0 Å². The number of carbonyl (C=O) groups excluding carboxylic acids is 1. The van der Waals surface area contributed by atoms with E-state index < -0.39 is 11.9 Å². The van der Waals surface area contributed by atoms with Crippen LogP contribution in [0.15, 0.2) is 0 Å². The molecule has 1 fully saturated rings. The maximum Gasteiger partial charge on any atom is 0.307 e. The Balaban J connectivity index is 2.56. The Morgan fingerprint density at radius 3 is 2.53 bits per heavy atom. The van der Waals surface area contributed by atoms with Crippen molar-refractivity contribution >= 4 is 23.6 Å². The highest BCUT2D eigenvalue weighted by molar-refractivity contribution is 7.98. The van der Waals surface area contributed by atoms with Gasteiger partial charge in [0.15, 0.2) is 0 Å². The fourth-order valence-corrected chi connectivity index (χ4v) is 3.34. The lowest BCUT2D eigenvalue weighted by molar-refractivity contribution is -0.146. The number of rotatable bonds is 7. The Kier molecular flexibility index (Phi) is 6.69. The number of aliphatic carboxylic acids is 1. The molecular weight excluding hydrogens is 262 g/mol. The van der Waals surface area contributed by atoms with Crippen molar-refractivity contribution in [2.75, 3.05) is 12.0 Å². The van der Waals surface area contributed by atoms with Crippen LogP contribution in [0.25, 0.3) is 0 Å². The molecule has 0 saturated heterocycles. The van der Waals surface area contributed by atoms with Crippen molar-refractivity contribution in [1.29, 1.82) is 0 Å². The highest BCUT2D eigenvalue weighted by Crippen LogP contribution is 2.38. The first-order chi connectivity index (χ1) is 8.99. The van der Waals surface area contributed by atoms with Crippen molar-refractivity contribution in [1.82, 2.24) is 5.32 Å². The smallest absolute Gasteiger partial charge is 0.307 e. The van der Waals surface area contributed by atoms with Gasteiger partial charge in [0.1, 0.15) is 0 Å². The van der Waals surface area contributed by atoms with E-state index in [0.717, 1.165) is 18.6 Å². The van der Waals surface area contributed by atoms with E-state index in [1.807, 2.05) is 13.2 Å². The number of carbonyl (C=O) groups is 2. The summed E-state index contributed by atoms with van der Waals surface area (Å²) < 4.78 is 0. The van der Waals surface area contributed by atoms with Gasteiger partial charge in [-0.1, -0.05) is 13.3 Å². The van der Waals surface area contributed by atoms with Gasteiger partial charge in [0.05, 0.1) is 11.8 Å². The van der Waals surface area contributed by atoms with E-state index in [-0.39, 0.29) is 17.9 Å². The minimum Gasteiger partial charge on any atom is -0.481 e. The molecule has 0 bridgehead atoms. The Labute approximate surface area is 119 Å². The molecule has 1 aliphatic carbocycles. The molecule has 4 atom stereocenters. The van der Waals surface area contributed by atoms with Crippen molar-refractivity contribution < 1.29 is 14.7 Å². The summed E-state index contributed by atoms with van der Waals surface area (Å²) in [7, 11) is 0. The van der Waals surface area contributed by atoms with Crippen molar-refractivity contribution in [2.24, 2.45) is 17.8 Å². The van der Waals surface area contributed by atoms with E-state index >= 15 is 0 Å². The normalized spacial score (nSPS) is 28.1. The lowest BCUT2D eigenvalue weighted by Crippen LogP contribution is -2.40. The first kappa shape index (κ1) is 16.3. The molecule has 0 aromatic rings. The van der Waals surface area contributed by atoms with Crippen LogP contribution in [-0.4, -0.2) is 35.0 Å². The molecular formula is C14H25NO3S. The summed E-state index contributed by atoms with van der Waals surface area (Å²) in [5, 5.41) is 12.2. The van der Waals surface area contributed by atoms with Crippen LogP contribution in [0.4, 0.5) is 0 Å². The molecule has 1 rings (SSSR count). The monoisotopic (exact) mass is 287 g/mol. The summed E-state index contributed by atoms with van der Waals surface area (Å²) in [5.74, 6) is -0.369. The number of thioether (sulfide) groups is 1. The average Bonchev–Trinajstić information content (AvgIpc) is 2.80. The van der Waals surface area contributed by atoms with Crippen LogP contribution in [0.5, 0.6) is 0 Å². The van der Waals surface area contributed by atoms with Gasteiger partial charge in [0.2, 0.25) is 5.91 Å². The second-order valence-corrected chi connectivity index (χ2v) is 6.47. The van der Waals surface area contributed by atoms with Crippen LogP contribution in [0, 0.1) is 17.8 Å². The van der Waals surface area contributed by atoms with Gasteiger partial charge in [-0.05, 0) is 44.1 Å². The van der Waals surface area contributed by atoms with E-state index in [1.165, 1.54) is 0 Å². The predicted octanol–water partition coefficient (Wildman–Crippen LogP) is 2.38. The predicted molar refractivity (Wildman–Crippen MR) is 78.2 cm³/mol. The first-order valence-corrected chi connectivity index (χ1v) is 8.41. The standard InChI is InChI=1S/C14H25NO3S/c1-4-10-7-11(12(8-10)14(17)18)13(16)15-9(2)5-6-19-3/h9-12H,4-8H2,1-3H3,(H,15,16)(H,17,18)/t9?,10?,11-,12+/m0/s1. The zero-order valence-corrected chi connectivity index (χ0v) is 12.8. The van der Waals surface area contributed by atoms with Crippen molar-refractivity contribution in [3.8, 4) is 0 Å². The molecule has 0 aliphatic heterocycles. The molecule has 0 heterocycles. The molecule has 1 saturated carbocycles.